The van der Waals surface area contributed by atoms with Crippen molar-refractivity contribution in [1.29, 1.82) is 0 Å². The maximum absolute atomic E-state index is 13.5. The second-order valence-corrected chi connectivity index (χ2v) is 5.56. The summed E-state index contributed by atoms with van der Waals surface area (Å²) in [5, 5.41) is 10.00. The van der Waals surface area contributed by atoms with Crippen molar-refractivity contribution in [2.45, 2.75) is 25.1 Å². The largest absolute Gasteiger partial charge is 0.481 e. The zero-order valence-electron chi connectivity index (χ0n) is 12.4. The van der Waals surface area contributed by atoms with Gasteiger partial charge in [0.05, 0.1) is 18.9 Å². The molecule has 1 fully saturated rings. The number of ether oxygens (including phenoxy) is 1. The number of pyridine rings is 1. The Morgan fingerprint density at radius 2 is 2.14 bits per heavy atom. The summed E-state index contributed by atoms with van der Waals surface area (Å²) in [5.74, 6) is 0.317. The van der Waals surface area contributed by atoms with Gasteiger partial charge in [-0.3, -0.25) is 4.90 Å². The Hall–Kier alpha value is -1.98. The highest BCUT2D eigenvalue weighted by atomic mass is 19.1. The van der Waals surface area contributed by atoms with Gasteiger partial charge in [0.2, 0.25) is 5.88 Å². The number of likely N-dealkylation sites (tertiary alicyclic amines) is 1. The number of aromatic nitrogens is 1. The van der Waals surface area contributed by atoms with Crippen LogP contribution in [0.5, 0.6) is 5.88 Å². The summed E-state index contributed by atoms with van der Waals surface area (Å²) >= 11 is 0. The summed E-state index contributed by atoms with van der Waals surface area (Å²) in [6.45, 7) is 1.15. The molecule has 2 aromatic rings. The molecule has 1 aliphatic rings. The molecule has 5 heteroatoms. The lowest BCUT2D eigenvalue weighted by Gasteiger charge is -2.24. The molecule has 1 aromatic heterocycles. The molecule has 0 spiro atoms. The lowest BCUT2D eigenvalue weighted by Crippen LogP contribution is -2.24. The van der Waals surface area contributed by atoms with Gasteiger partial charge in [-0.2, -0.15) is 0 Å². The molecule has 1 aromatic carbocycles. The molecule has 4 nitrogen and oxygen atoms in total. The number of aliphatic hydroxyl groups is 1. The fourth-order valence-corrected chi connectivity index (χ4v) is 2.98. The lowest BCUT2D eigenvalue weighted by molar-refractivity contribution is 0.172. The van der Waals surface area contributed by atoms with E-state index in [1.165, 1.54) is 12.1 Å². The molecule has 1 saturated heterocycles. The first-order chi connectivity index (χ1) is 10.7. The summed E-state index contributed by atoms with van der Waals surface area (Å²) in [7, 11) is 1.58. The molecule has 116 valence electrons. The van der Waals surface area contributed by atoms with E-state index in [1.54, 1.807) is 19.2 Å². The number of aliphatic hydroxyl groups excluding tert-OH is 1. The van der Waals surface area contributed by atoms with E-state index in [2.05, 4.69) is 9.88 Å². The molecular weight excluding hydrogens is 283 g/mol. The van der Waals surface area contributed by atoms with Crippen LogP contribution in [0.1, 0.15) is 23.7 Å². The van der Waals surface area contributed by atoms with E-state index in [0.717, 1.165) is 11.3 Å². The molecule has 0 saturated carbocycles. The molecular formula is C17H19FN2O2. The number of nitrogens with zero attached hydrogens (tertiary/aromatic N) is 2. The molecule has 1 aliphatic heterocycles. The molecule has 22 heavy (non-hydrogen) atoms. The minimum atomic E-state index is -0.404. The van der Waals surface area contributed by atoms with Gasteiger partial charge in [-0.05, 0) is 30.2 Å². The van der Waals surface area contributed by atoms with Crippen molar-refractivity contribution in [1.82, 2.24) is 9.88 Å². The minimum absolute atomic E-state index is 0.00120. The molecule has 2 heterocycles. The second-order valence-electron chi connectivity index (χ2n) is 5.56. The maximum atomic E-state index is 13.5. The van der Waals surface area contributed by atoms with Gasteiger partial charge in [0, 0.05) is 25.2 Å². The van der Waals surface area contributed by atoms with Crippen LogP contribution < -0.4 is 4.74 Å². The summed E-state index contributed by atoms with van der Waals surface area (Å²) in [6.07, 6.45) is 0.201. The van der Waals surface area contributed by atoms with Gasteiger partial charge in [0.1, 0.15) is 5.82 Å². The first-order valence-corrected chi connectivity index (χ1v) is 7.33. The maximum Gasteiger partial charge on any atom is 0.213 e. The van der Waals surface area contributed by atoms with E-state index in [-0.39, 0.29) is 11.9 Å². The highest BCUT2D eigenvalue weighted by Crippen LogP contribution is 2.33. The van der Waals surface area contributed by atoms with Crippen molar-refractivity contribution in [3.63, 3.8) is 0 Å². The molecule has 3 rings (SSSR count). The third-order valence-electron chi connectivity index (χ3n) is 3.97. The summed E-state index contributed by atoms with van der Waals surface area (Å²) in [4.78, 5) is 6.53. The van der Waals surface area contributed by atoms with Crippen molar-refractivity contribution in [3.05, 3.63) is 59.5 Å². The zero-order valence-corrected chi connectivity index (χ0v) is 12.4. The van der Waals surface area contributed by atoms with Crippen LogP contribution in [0.15, 0.2) is 42.5 Å². The van der Waals surface area contributed by atoms with Crippen LogP contribution in [-0.2, 0) is 6.54 Å². The van der Waals surface area contributed by atoms with Crippen LogP contribution in [-0.4, -0.2) is 34.7 Å². The van der Waals surface area contributed by atoms with Crippen LogP contribution in [0.2, 0.25) is 0 Å². The predicted octanol–water partition coefficient (Wildman–Crippen LogP) is 2.54. The molecule has 1 N–H and O–H groups in total. The fraction of sp³-hybridized carbons (Fsp3) is 0.353. The van der Waals surface area contributed by atoms with Crippen molar-refractivity contribution in [2.75, 3.05) is 13.7 Å². The molecule has 2 atom stereocenters. The Labute approximate surface area is 129 Å². The van der Waals surface area contributed by atoms with Crippen LogP contribution in [0.25, 0.3) is 0 Å². The Bertz CT molecular complexity index is 650. The van der Waals surface area contributed by atoms with Crippen molar-refractivity contribution >= 4 is 0 Å². The Kier molecular flexibility index (Phi) is 4.36. The molecule has 0 amide bonds. The lowest BCUT2D eigenvalue weighted by atomic mass is 10.0. The molecule has 0 radical (unpaired) electrons. The number of halogens is 1. The average Bonchev–Trinajstić information content (AvgIpc) is 2.88. The van der Waals surface area contributed by atoms with E-state index in [4.69, 9.17) is 4.74 Å². The standard InChI is InChI=1S/C17H19FN2O2/c1-22-17-7-3-6-14(19-17)10-20-11-15(21)9-16(20)12-4-2-5-13(18)8-12/h2-8,15-16,21H,9-11H2,1H3/t15-,16-/m1/s1. The van der Waals surface area contributed by atoms with E-state index >= 15 is 0 Å². The third-order valence-corrected chi connectivity index (χ3v) is 3.97. The van der Waals surface area contributed by atoms with Crippen LogP contribution in [0, 0.1) is 5.82 Å². The zero-order chi connectivity index (χ0) is 15.5. The minimum Gasteiger partial charge on any atom is -0.481 e. The van der Waals surface area contributed by atoms with Gasteiger partial charge in [-0.15, -0.1) is 0 Å². The Balaban J connectivity index is 1.81. The van der Waals surface area contributed by atoms with Gasteiger partial charge >= 0.3 is 0 Å². The quantitative estimate of drug-likeness (QED) is 0.943. The Morgan fingerprint density at radius 3 is 2.91 bits per heavy atom. The van der Waals surface area contributed by atoms with Crippen molar-refractivity contribution in [3.8, 4) is 5.88 Å². The SMILES string of the molecule is COc1cccc(CN2C[C@H](O)C[C@@H]2c2cccc(F)c2)n1. The summed E-state index contributed by atoms with van der Waals surface area (Å²) < 4.78 is 18.6. The van der Waals surface area contributed by atoms with Gasteiger partial charge < -0.3 is 9.84 Å². The van der Waals surface area contributed by atoms with Crippen LogP contribution in [0.3, 0.4) is 0 Å². The second kappa shape index (κ2) is 6.42. The average molecular weight is 302 g/mol. The van der Waals surface area contributed by atoms with Crippen LogP contribution in [0.4, 0.5) is 4.39 Å². The number of hydrogen-bond acceptors (Lipinski definition) is 4. The highest BCUT2D eigenvalue weighted by molar-refractivity contribution is 5.22. The topological polar surface area (TPSA) is 45.6 Å². The monoisotopic (exact) mass is 302 g/mol. The smallest absolute Gasteiger partial charge is 0.213 e. The number of rotatable bonds is 4. The molecule has 0 unspecified atom stereocenters. The number of benzene rings is 1. The first kappa shape index (κ1) is 14.9. The predicted molar refractivity (Wildman–Crippen MR) is 81.0 cm³/mol. The van der Waals surface area contributed by atoms with Crippen molar-refractivity contribution in [2.24, 2.45) is 0 Å². The number of methoxy groups -OCH3 is 1. The van der Waals surface area contributed by atoms with Crippen molar-refractivity contribution < 1.29 is 14.2 Å². The Morgan fingerprint density at radius 1 is 1.32 bits per heavy atom. The number of hydrogen-bond donors (Lipinski definition) is 1. The van der Waals surface area contributed by atoms with E-state index in [9.17, 15) is 9.50 Å². The normalized spacial score (nSPS) is 22.0. The number of β-amino-alcohol motifs (C(OH)–C–C–N with tert-alkyl or cyclic N) is 1. The first-order valence-electron chi connectivity index (χ1n) is 7.33. The summed E-state index contributed by atoms with van der Waals surface area (Å²) in [5.41, 5.74) is 1.76. The van der Waals surface area contributed by atoms with Crippen LogP contribution >= 0.6 is 0 Å². The van der Waals surface area contributed by atoms with Gasteiger partial charge in [-0.25, -0.2) is 9.37 Å². The molecule has 0 bridgehead atoms. The van der Waals surface area contributed by atoms with Gasteiger partial charge in [-0.1, -0.05) is 18.2 Å². The van der Waals surface area contributed by atoms with E-state index < -0.39 is 6.10 Å². The fourth-order valence-electron chi connectivity index (χ4n) is 2.98. The van der Waals surface area contributed by atoms with Gasteiger partial charge in [0.25, 0.3) is 0 Å². The van der Waals surface area contributed by atoms with E-state index in [1.807, 2.05) is 18.2 Å². The third kappa shape index (κ3) is 3.26. The van der Waals surface area contributed by atoms with E-state index in [0.29, 0.717) is 25.4 Å². The molecule has 0 aliphatic carbocycles. The highest BCUT2D eigenvalue weighted by Gasteiger charge is 2.32. The summed E-state index contributed by atoms with van der Waals surface area (Å²) in [6, 6.07) is 12.2. The van der Waals surface area contributed by atoms with Gasteiger partial charge in [0.15, 0.2) is 0 Å².